The fourth-order valence-corrected chi connectivity index (χ4v) is 1.95. The molecule has 1 aromatic carbocycles. The van der Waals surface area contributed by atoms with Gasteiger partial charge in [-0.1, -0.05) is 30.3 Å². The summed E-state index contributed by atoms with van der Waals surface area (Å²) in [5, 5.41) is 17.5. The monoisotopic (exact) mass is 327 g/mol. The van der Waals surface area contributed by atoms with Crippen LogP contribution in [0.3, 0.4) is 0 Å². The zero-order valence-electron chi connectivity index (χ0n) is 12.9. The Balaban J connectivity index is 1.92. The molecule has 0 spiro atoms. The molecule has 0 unspecified atom stereocenters. The third-order valence-electron chi connectivity index (χ3n) is 3.09. The molecular formula is C16H17N5O3. The standard InChI is InChI=1S/C16H17N5O3/c17-7-9-18-15(22)14(11-21-10-4-8-19-21)20-16(23)24-12-13-5-2-1-3-6-13/h1-6,8,10,14H,9,11-12H2,(H,18,22)(H,20,23)/t14-/m0/s1. The summed E-state index contributed by atoms with van der Waals surface area (Å²) in [7, 11) is 0. The van der Waals surface area contributed by atoms with Gasteiger partial charge in [-0.2, -0.15) is 10.4 Å². The van der Waals surface area contributed by atoms with E-state index in [-0.39, 0.29) is 19.7 Å². The number of nitriles is 1. The minimum Gasteiger partial charge on any atom is -0.445 e. The van der Waals surface area contributed by atoms with Crippen molar-refractivity contribution in [1.82, 2.24) is 20.4 Å². The van der Waals surface area contributed by atoms with Crippen LogP contribution in [0.4, 0.5) is 4.79 Å². The minimum atomic E-state index is -0.901. The predicted molar refractivity (Wildman–Crippen MR) is 84.4 cm³/mol. The average Bonchev–Trinajstić information content (AvgIpc) is 3.11. The Labute approximate surface area is 139 Å². The fraction of sp³-hybridized carbons (Fsp3) is 0.250. The van der Waals surface area contributed by atoms with Gasteiger partial charge in [-0.05, 0) is 11.6 Å². The number of benzene rings is 1. The van der Waals surface area contributed by atoms with Crippen LogP contribution in [0.5, 0.6) is 0 Å². The summed E-state index contributed by atoms with van der Waals surface area (Å²) in [6.45, 7) is 0.0842. The number of amides is 2. The Hall–Kier alpha value is -3.34. The second kappa shape index (κ2) is 8.95. The van der Waals surface area contributed by atoms with Gasteiger partial charge in [0.2, 0.25) is 5.91 Å². The maximum absolute atomic E-state index is 12.1. The van der Waals surface area contributed by atoms with Crippen molar-refractivity contribution in [2.45, 2.75) is 19.2 Å². The molecule has 2 N–H and O–H groups in total. The van der Waals surface area contributed by atoms with E-state index in [9.17, 15) is 9.59 Å². The molecule has 0 saturated carbocycles. The largest absolute Gasteiger partial charge is 0.445 e. The fourth-order valence-electron chi connectivity index (χ4n) is 1.95. The Morgan fingerprint density at radius 1 is 1.29 bits per heavy atom. The van der Waals surface area contributed by atoms with E-state index in [2.05, 4.69) is 15.7 Å². The van der Waals surface area contributed by atoms with Crippen LogP contribution in [0, 0.1) is 11.3 Å². The smallest absolute Gasteiger partial charge is 0.408 e. The van der Waals surface area contributed by atoms with E-state index in [1.165, 1.54) is 4.68 Å². The van der Waals surface area contributed by atoms with Gasteiger partial charge < -0.3 is 15.4 Å². The van der Waals surface area contributed by atoms with Crippen molar-refractivity contribution in [3.05, 3.63) is 54.4 Å². The molecule has 2 rings (SSSR count). The predicted octanol–water partition coefficient (Wildman–Crippen LogP) is 0.818. The molecule has 0 aliphatic heterocycles. The number of ether oxygens (including phenoxy) is 1. The van der Waals surface area contributed by atoms with Crippen LogP contribution < -0.4 is 10.6 Å². The van der Waals surface area contributed by atoms with Gasteiger partial charge in [-0.3, -0.25) is 9.48 Å². The number of rotatable bonds is 7. The summed E-state index contributed by atoms with van der Waals surface area (Å²) in [5.74, 6) is -0.483. The summed E-state index contributed by atoms with van der Waals surface area (Å²) < 4.78 is 6.62. The van der Waals surface area contributed by atoms with E-state index < -0.39 is 18.0 Å². The first-order valence-corrected chi connectivity index (χ1v) is 7.28. The van der Waals surface area contributed by atoms with Gasteiger partial charge in [0.25, 0.3) is 0 Å². The molecule has 0 saturated heterocycles. The molecule has 0 fully saturated rings. The number of nitrogens with zero attached hydrogens (tertiary/aromatic N) is 3. The zero-order valence-corrected chi connectivity index (χ0v) is 12.9. The summed E-state index contributed by atoms with van der Waals surface area (Å²) in [5.41, 5.74) is 0.838. The molecule has 2 amide bonds. The number of hydrogen-bond acceptors (Lipinski definition) is 5. The number of carbonyl (C=O) groups is 2. The summed E-state index contributed by atoms with van der Waals surface area (Å²) >= 11 is 0. The Bertz CT molecular complexity index is 694. The molecule has 0 bridgehead atoms. The molecule has 0 radical (unpaired) electrons. The topological polar surface area (TPSA) is 109 Å². The van der Waals surface area contributed by atoms with E-state index in [0.717, 1.165) is 5.56 Å². The Kier molecular flexibility index (Phi) is 6.35. The number of alkyl carbamates (subject to hydrolysis) is 1. The molecule has 1 atom stereocenters. The molecule has 0 aliphatic rings. The van der Waals surface area contributed by atoms with Crippen LogP contribution in [0.2, 0.25) is 0 Å². The third-order valence-corrected chi connectivity index (χ3v) is 3.09. The lowest BCUT2D eigenvalue weighted by Gasteiger charge is -2.17. The molecule has 24 heavy (non-hydrogen) atoms. The van der Waals surface area contributed by atoms with E-state index in [1.807, 2.05) is 36.4 Å². The van der Waals surface area contributed by atoms with Gasteiger partial charge in [0.1, 0.15) is 19.2 Å². The molecule has 1 aromatic heterocycles. The van der Waals surface area contributed by atoms with Crippen molar-refractivity contribution in [3.63, 3.8) is 0 Å². The number of aromatic nitrogens is 2. The molecule has 2 aromatic rings. The van der Waals surface area contributed by atoms with Crippen molar-refractivity contribution >= 4 is 12.0 Å². The highest BCUT2D eigenvalue weighted by Crippen LogP contribution is 2.01. The maximum Gasteiger partial charge on any atom is 0.408 e. The molecule has 8 heteroatoms. The van der Waals surface area contributed by atoms with E-state index in [0.29, 0.717) is 0 Å². The molecule has 8 nitrogen and oxygen atoms in total. The van der Waals surface area contributed by atoms with Crippen LogP contribution in [0.15, 0.2) is 48.8 Å². The summed E-state index contributed by atoms with van der Waals surface area (Å²) in [6, 6.07) is 11.8. The van der Waals surface area contributed by atoms with Gasteiger partial charge in [-0.15, -0.1) is 0 Å². The molecular weight excluding hydrogens is 310 g/mol. The number of hydrogen-bond donors (Lipinski definition) is 2. The van der Waals surface area contributed by atoms with Crippen LogP contribution in [0.25, 0.3) is 0 Å². The van der Waals surface area contributed by atoms with Crippen LogP contribution in [-0.2, 0) is 22.7 Å². The SMILES string of the molecule is N#CCNC(=O)[C@H](Cn1cccn1)NC(=O)OCc1ccccc1. The maximum atomic E-state index is 12.1. The summed E-state index contributed by atoms with van der Waals surface area (Å²) in [6.07, 6.45) is 2.52. The van der Waals surface area contributed by atoms with Gasteiger partial charge in [0, 0.05) is 12.4 Å². The molecule has 0 aliphatic carbocycles. The Morgan fingerprint density at radius 3 is 2.75 bits per heavy atom. The quantitative estimate of drug-likeness (QED) is 0.732. The van der Waals surface area contributed by atoms with Crippen molar-refractivity contribution in [2.24, 2.45) is 0 Å². The lowest BCUT2D eigenvalue weighted by Crippen LogP contribution is -2.49. The highest BCUT2D eigenvalue weighted by Gasteiger charge is 2.22. The third kappa shape index (κ3) is 5.46. The zero-order chi connectivity index (χ0) is 17.2. The highest BCUT2D eigenvalue weighted by molar-refractivity contribution is 5.85. The number of carbonyl (C=O) groups excluding carboxylic acids is 2. The normalized spacial score (nSPS) is 11.1. The van der Waals surface area contributed by atoms with Crippen molar-refractivity contribution in [1.29, 1.82) is 5.26 Å². The minimum absolute atomic E-state index is 0.0982. The van der Waals surface area contributed by atoms with E-state index in [1.54, 1.807) is 18.5 Å². The van der Waals surface area contributed by atoms with E-state index >= 15 is 0 Å². The van der Waals surface area contributed by atoms with Crippen LogP contribution in [-0.4, -0.2) is 34.4 Å². The second-order valence-electron chi connectivity index (χ2n) is 4.86. The van der Waals surface area contributed by atoms with Gasteiger partial charge in [0.15, 0.2) is 0 Å². The highest BCUT2D eigenvalue weighted by atomic mass is 16.5. The number of nitrogens with one attached hydrogen (secondary N) is 2. The Morgan fingerprint density at radius 2 is 2.08 bits per heavy atom. The van der Waals surface area contributed by atoms with Crippen molar-refractivity contribution in [3.8, 4) is 6.07 Å². The van der Waals surface area contributed by atoms with Crippen molar-refractivity contribution < 1.29 is 14.3 Å². The lowest BCUT2D eigenvalue weighted by molar-refractivity contribution is -0.123. The summed E-state index contributed by atoms with van der Waals surface area (Å²) in [4.78, 5) is 24.0. The first-order chi connectivity index (χ1) is 11.7. The molecule has 1 heterocycles. The lowest BCUT2D eigenvalue weighted by atomic mass is 10.2. The van der Waals surface area contributed by atoms with Gasteiger partial charge in [0.05, 0.1) is 12.6 Å². The second-order valence-corrected chi connectivity index (χ2v) is 4.86. The molecule has 124 valence electrons. The van der Waals surface area contributed by atoms with Crippen molar-refractivity contribution in [2.75, 3.05) is 6.54 Å². The average molecular weight is 327 g/mol. The van der Waals surface area contributed by atoms with Crippen LogP contribution >= 0.6 is 0 Å². The van der Waals surface area contributed by atoms with Gasteiger partial charge >= 0.3 is 6.09 Å². The van der Waals surface area contributed by atoms with Gasteiger partial charge in [-0.25, -0.2) is 4.79 Å². The first kappa shape index (κ1) is 17.0. The van der Waals surface area contributed by atoms with Crippen LogP contribution in [0.1, 0.15) is 5.56 Å². The first-order valence-electron chi connectivity index (χ1n) is 7.28. The van der Waals surface area contributed by atoms with E-state index in [4.69, 9.17) is 10.00 Å².